The SMILES string of the molecule is N#CSc1ccc(I)s1. The highest BCUT2D eigenvalue weighted by Gasteiger charge is 1.94. The maximum absolute atomic E-state index is 8.25. The van der Waals surface area contributed by atoms with Crippen LogP contribution in [0.4, 0.5) is 0 Å². The fraction of sp³-hybridized carbons (Fsp3) is 0. The van der Waals surface area contributed by atoms with Crippen LogP contribution in [0.3, 0.4) is 0 Å². The average Bonchev–Trinajstić information content (AvgIpc) is 2.17. The summed E-state index contributed by atoms with van der Waals surface area (Å²) in [7, 11) is 0. The van der Waals surface area contributed by atoms with Gasteiger partial charge in [-0.3, -0.25) is 0 Å². The standard InChI is InChI=1S/C5H2INS2/c6-4-1-2-5(9-4)8-3-7/h1-2H. The van der Waals surface area contributed by atoms with Gasteiger partial charge in [-0.05, 0) is 34.7 Å². The van der Waals surface area contributed by atoms with Crippen molar-refractivity contribution in [1.82, 2.24) is 0 Å². The molecule has 0 amide bonds. The lowest BCUT2D eigenvalue weighted by atomic mass is 10.7. The number of hydrogen-bond donors (Lipinski definition) is 0. The van der Waals surface area contributed by atoms with E-state index in [1.165, 1.54) is 14.6 Å². The second kappa shape index (κ2) is 3.44. The summed E-state index contributed by atoms with van der Waals surface area (Å²) in [4.78, 5) is 0. The van der Waals surface area contributed by atoms with E-state index in [1.54, 1.807) is 11.3 Å². The molecule has 0 unspecified atom stereocenters. The number of nitriles is 1. The van der Waals surface area contributed by atoms with Crippen LogP contribution < -0.4 is 0 Å². The van der Waals surface area contributed by atoms with Crippen LogP contribution in [-0.2, 0) is 0 Å². The summed E-state index contributed by atoms with van der Waals surface area (Å²) < 4.78 is 2.30. The number of thioether (sulfide) groups is 1. The van der Waals surface area contributed by atoms with E-state index in [0.29, 0.717) is 0 Å². The third-order valence-electron chi connectivity index (χ3n) is 0.695. The number of halogens is 1. The molecule has 9 heavy (non-hydrogen) atoms. The molecule has 0 aliphatic rings. The zero-order chi connectivity index (χ0) is 6.69. The molecule has 1 rings (SSSR count). The van der Waals surface area contributed by atoms with Gasteiger partial charge in [0.1, 0.15) is 5.40 Å². The Balaban J connectivity index is 2.76. The van der Waals surface area contributed by atoms with E-state index in [0.717, 1.165) is 4.21 Å². The summed E-state index contributed by atoms with van der Waals surface area (Å²) in [6.07, 6.45) is 0. The quantitative estimate of drug-likeness (QED) is 0.444. The highest BCUT2D eigenvalue weighted by atomic mass is 127. The number of hydrogen-bond acceptors (Lipinski definition) is 3. The molecule has 1 aromatic rings. The number of thiocyanates is 1. The molecule has 1 aromatic heterocycles. The van der Waals surface area contributed by atoms with Gasteiger partial charge in [0.25, 0.3) is 0 Å². The molecule has 0 saturated heterocycles. The lowest BCUT2D eigenvalue weighted by molar-refractivity contribution is 1.56. The maximum Gasteiger partial charge on any atom is 0.139 e. The number of rotatable bonds is 1. The van der Waals surface area contributed by atoms with Crippen LogP contribution >= 0.6 is 45.7 Å². The average molecular weight is 267 g/mol. The monoisotopic (exact) mass is 267 g/mol. The van der Waals surface area contributed by atoms with Crippen molar-refractivity contribution in [1.29, 1.82) is 5.26 Å². The third-order valence-corrected chi connectivity index (χ3v) is 3.31. The summed E-state index contributed by atoms with van der Waals surface area (Å²) in [5.74, 6) is 0. The van der Waals surface area contributed by atoms with Crippen molar-refractivity contribution < 1.29 is 0 Å². The first-order chi connectivity index (χ1) is 4.33. The summed E-state index contributed by atoms with van der Waals surface area (Å²) >= 11 is 5.09. The predicted molar refractivity (Wildman–Crippen MR) is 48.5 cm³/mol. The van der Waals surface area contributed by atoms with E-state index in [-0.39, 0.29) is 0 Å². The Morgan fingerprint density at radius 3 is 2.89 bits per heavy atom. The zero-order valence-electron chi connectivity index (χ0n) is 4.30. The molecule has 0 atom stereocenters. The largest absolute Gasteiger partial charge is 0.185 e. The Morgan fingerprint density at radius 2 is 2.44 bits per heavy atom. The van der Waals surface area contributed by atoms with Gasteiger partial charge in [0, 0.05) is 11.8 Å². The van der Waals surface area contributed by atoms with Crippen molar-refractivity contribution in [3.05, 3.63) is 15.0 Å². The summed E-state index contributed by atoms with van der Waals surface area (Å²) in [5, 5.41) is 10.3. The van der Waals surface area contributed by atoms with Gasteiger partial charge in [0.15, 0.2) is 0 Å². The van der Waals surface area contributed by atoms with Crippen LogP contribution in [0, 0.1) is 13.5 Å². The smallest absolute Gasteiger partial charge is 0.139 e. The summed E-state index contributed by atoms with van der Waals surface area (Å²) in [6, 6.07) is 3.96. The van der Waals surface area contributed by atoms with Crippen LogP contribution in [0.15, 0.2) is 16.3 Å². The summed E-state index contributed by atoms with van der Waals surface area (Å²) in [6.45, 7) is 0. The van der Waals surface area contributed by atoms with Gasteiger partial charge in [0.05, 0.1) is 7.09 Å². The molecule has 1 nitrogen and oxygen atoms in total. The Labute approximate surface area is 75.2 Å². The first kappa shape index (κ1) is 7.38. The van der Waals surface area contributed by atoms with Gasteiger partial charge in [-0.15, -0.1) is 11.3 Å². The minimum Gasteiger partial charge on any atom is -0.185 e. The normalized spacial score (nSPS) is 8.89. The molecular weight excluding hydrogens is 265 g/mol. The molecule has 0 aliphatic heterocycles. The molecule has 0 N–H and O–H groups in total. The zero-order valence-corrected chi connectivity index (χ0v) is 8.09. The third kappa shape index (κ3) is 2.16. The van der Waals surface area contributed by atoms with Crippen molar-refractivity contribution in [3.63, 3.8) is 0 Å². The van der Waals surface area contributed by atoms with E-state index >= 15 is 0 Å². The van der Waals surface area contributed by atoms with Crippen LogP contribution in [0.5, 0.6) is 0 Å². The van der Waals surface area contributed by atoms with Crippen molar-refractivity contribution in [3.8, 4) is 5.40 Å². The molecule has 4 heteroatoms. The van der Waals surface area contributed by atoms with Crippen molar-refractivity contribution in [2.45, 2.75) is 4.21 Å². The van der Waals surface area contributed by atoms with Crippen LogP contribution in [-0.4, -0.2) is 0 Å². The molecule has 46 valence electrons. The van der Waals surface area contributed by atoms with Crippen LogP contribution in [0.2, 0.25) is 0 Å². The second-order valence-electron chi connectivity index (χ2n) is 1.25. The molecular formula is C5H2INS2. The number of nitrogens with zero attached hydrogens (tertiary/aromatic N) is 1. The molecule has 0 bridgehead atoms. The lowest BCUT2D eigenvalue weighted by Gasteiger charge is -1.76. The Hall–Kier alpha value is 0.270. The molecule has 1 heterocycles. The molecule has 0 aliphatic carbocycles. The fourth-order valence-electron chi connectivity index (χ4n) is 0.398. The molecule has 0 fully saturated rings. The first-order valence-corrected chi connectivity index (χ1v) is 4.85. The first-order valence-electron chi connectivity index (χ1n) is 2.14. The van der Waals surface area contributed by atoms with Gasteiger partial charge in [0.2, 0.25) is 0 Å². The van der Waals surface area contributed by atoms with E-state index in [2.05, 4.69) is 22.6 Å². The maximum atomic E-state index is 8.25. The van der Waals surface area contributed by atoms with Crippen LogP contribution in [0.1, 0.15) is 0 Å². The fourth-order valence-corrected chi connectivity index (χ4v) is 2.98. The lowest BCUT2D eigenvalue weighted by Crippen LogP contribution is -1.46. The highest BCUT2D eigenvalue weighted by Crippen LogP contribution is 2.26. The Kier molecular flexibility index (Phi) is 2.82. The Bertz CT molecular complexity index is 237. The predicted octanol–water partition coefficient (Wildman–Crippen LogP) is 2.93. The molecule has 0 spiro atoms. The van der Waals surface area contributed by atoms with E-state index < -0.39 is 0 Å². The minimum absolute atomic E-state index is 1.07. The summed E-state index contributed by atoms with van der Waals surface area (Å²) in [5.41, 5.74) is 0. The van der Waals surface area contributed by atoms with E-state index in [9.17, 15) is 0 Å². The van der Waals surface area contributed by atoms with Gasteiger partial charge in [-0.25, -0.2) is 0 Å². The van der Waals surface area contributed by atoms with E-state index in [4.69, 9.17) is 5.26 Å². The van der Waals surface area contributed by atoms with Crippen LogP contribution in [0.25, 0.3) is 0 Å². The molecule has 0 saturated carbocycles. The van der Waals surface area contributed by atoms with Crippen molar-refractivity contribution in [2.24, 2.45) is 0 Å². The highest BCUT2D eigenvalue weighted by molar-refractivity contribution is 14.1. The van der Waals surface area contributed by atoms with Crippen molar-refractivity contribution >= 4 is 45.7 Å². The van der Waals surface area contributed by atoms with Gasteiger partial charge in [-0.1, -0.05) is 0 Å². The van der Waals surface area contributed by atoms with Crippen molar-refractivity contribution in [2.75, 3.05) is 0 Å². The topological polar surface area (TPSA) is 23.8 Å². The number of thiophene rings is 1. The second-order valence-corrected chi connectivity index (χ2v) is 5.31. The van der Waals surface area contributed by atoms with Gasteiger partial charge in [-0.2, -0.15) is 5.26 Å². The minimum atomic E-state index is 1.07. The van der Waals surface area contributed by atoms with Gasteiger partial charge >= 0.3 is 0 Å². The molecule has 0 radical (unpaired) electrons. The van der Waals surface area contributed by atoms with E-state index in [1.807, 2.05) is 17.5 Å². The van der Waals surface area contributed by atoms with Gasteiger partial charge < -0.3 is 0 Å². The molecule has 0 aromatic carbocycles. The Morgan fingerprint density at radius 1 is 1.67 bits per heavy atom.